The van der Waals surface area contributed by atoms with Crippen molar-refractivity contribution in [1.82, 2.24) is 5.32 Å². The van der Waals surface area contributed by atoms with Gasteiger partial charge in [-0.2, -0.15) is 0 Å². The third-order valence-electron chi connectivity index (χ3n) is 2.84. The number of rotatable bonds is 6. The molecule has 1 amide bonds. The second-order valence-electron chi connectivity index (χ2n) is 5.27. The minimum Gasteiger partial charge on any atom is -0.548 e. The molecule has 0 bridgehead atoms. The Hall–Kier alpha value is -1.89. The summed E-state index contributed by atoms with van der Waals surface area (Å²) in [5, 5.41) is 13.4. The molecule has 0 unspecified atom stereocenters. The fourth-order valence-electron chi connectivity index (χ4n) is 1.78. The number of nitrogens with one attached hydrogen (secondary N) is 1. The highest BCUT2D eigenvalue weighted by atomic mass is 32.2. The van der Waals surface area contributed by atoms with Crippen molar-refractivity contribution in [3.63, 3.8) is 0 Å². The van der Waals surface area contributed by atoms with E-state index < -0.39 is 27.8 Å². The van der Waals surface area contributed by atoms with Gasteiger partial charge in [0, 0.05) is 11.8 Å². The number of hydrogen-bond donors (Lipinski definition) is 1. The minimum absolute atomic E-state index is 0.0841. The largest absolute Gasteiger partial charge is 0.548 e. The van der Waals surface area contributed by atoms with Crippen molar-refractivity contribution < 1.29 is 23.1 Å². The van der Waals surface area contributed by atoms with E-state index in [-0.39, 0.29) is 22.8 Å². The molecule has 1 atom stereocenters. The second-order valence-corrected chi connectivity index (χ2v) is 7.29. The molecule has 116 valence electrons. The number of hydrogen-bond acceptors (Lipinski definition) is 5. The van der Waals surface area contributed by atoms with Crippen molar-refractivity contribution in [2.75, 3.05) is 6.26 Å². The molecular weight excluding hydrogens is 294 g/mol. The van der Waals surface area contributed by atoms with Crippen molar-refractivity contribution in [1.29, 1.82) is 0 Å². The van der Waals surface area contributed by atoms with Crippen LogP contribution in [0.4, 0.5) is 0 Å². The molecule has 1 rings (SSSR count). The molecule has 0 saturated heterocycles. The van der Waals surface area contributed by atoms with Crippen LogP contribution < -0.4 is 10.4 Å². The first-order chi connectivity index (χ1) is 9.61. The number of amides is 1. The summed E-state index contributed by atoms with van der Waals surface area (Å²) >= 11 is 0. The minimum atomic E-state index is -3.33. The predicted octanol–water partition coefficient (Wildman–Crippen LogP) is -0.0155. The number of aliphatic carboxylic acids is 1. The lowest BCUT2D eigenvalue weighted by Gasteiger charge is -2.21. The monoisotopic (exact) mass is 312 g/mol. The number of sulfone groups is 1. The van der Waals surface area contributed by atoms with E-state index >= 15 is 0 Å². The van der Waals surface area contributed by atoms with Gasteiger partial charge in [-0.25, -0.2) is 8.42 Å². The molecule has 0 spiro atoms. The van der Waals surface area contributed by atoms with Gasteiger partial charge in [0.15, 0.2) is 9.84 Å². The zero-order valence-corrected chi connectivity index (χ0v) is 12.9. The van der Waals surface area contributed by atoms with Crippen molar-refractivity contribution in [2.24, 2.45) is 5.92 Å². The van der Waals surface area contributed by atoms with Crippen molar-refractivity contribution in [3.05, 3.63) is 29.8 Å². The van der Waals surface area contributed by atoms with E-state index in [1.165, 1.54) is 24.3 Å². The molecule has 1 N–H and O–H groups in total. The summed E-state index contributed by atoms with van der Waals surface area (Å²) < 4.78 is 22.6. The molecule has 0 aliphatic carbocycles. The Morgan fingerprint density at radius 1 is 1.19 bits per heavy atom. The Labute approximate surface area is 124 Å². The first kappa shape index (κ1) is 17.2. The highest BCUT2D eigenvalue weighted by Gasteiger charge is 2.16. The Morgan fingerprint density at radius 2 is 1.71 bits per heavy atom. The summed E-state index contributed by atoms with van der Waals surface area (Å²) in [5.74, 6) is -1.84. The summed E-state index contributed by atoms with van der Waals surface area (Å²) in [7, 11) is -3.33. The van der Waals surface area contributed by atoms with Crippen LogP contribution in [0.3, 0.4) is 0 Å². The Kier molecular flexibility index (Phi) is 5.48. The van der Waals surface area contributed by atoms with Gasteiger partial charge >= 0.3 is 0 Å². The maximum absolute atomic E-state index is 12.0. The highest BCUT2D eigenvalue weighted by molar-refractivity contribution is 7.90. The summed E-state index contributed by atoms with van der Waals surface area (Å²) in [6.07, 6.45) is 1.33. The van der Waals surface area contributed by atoms with Crippen LogP contribution in [0.25, 0.3) is 0 Å². The second kappa shape index (κ2) is 6.71. The highest BCUT2D eigenvalue weighted by Crippen LogP contribution is 2.11. The van der Waals surface area contributed by atoms with Gasteiger partial charge in [0.25, 0.3) is 5.91 Å². The number of carbonyl (C=O) groups is 2. The normalized spacial score (nSPS) is 13.0. The average Bonchev–Trinajstić information content (AvgIpc) is 2.36. The fraction of sp³-hybridized carbons (Fsp3) is 0.429. The van der Waals surface area contributed by atoms with E-state index in [0.29, 0.717) is 0 Å². The van der Waals surface area contributed by atoms with E-state index in [1.54, 1.807) is 0 Å². The Balaban J connectivity index is 2.86. The van der Waals surface area contributed by atoms with Gasteiger partial charge < -0.3 is 15.2 Å². The van der Waals surface area contributed by atoms with Gasteiger partial charge in [-0.3, -0.25) is 4.79 Å². The molecule has 0 aromatic heterocycles. The predicted molar refractivity (Wildman–Crippen MR) is 75.3 cm³/mol. The molecule has 0 aliphatic heterocycles. The zero-order chi connectivity index (χ0) is 16.2. The van der Waals surface area contributed by atoms with Crippen LogP contribution in [0.5, 0.6) is 0 Å². The van der Waals surface area contributed by atoms with E-state index in [1.807, 2.05) is 13.8 Å². The van der Waals surface area contributed by atoms with Gasteiger partial charge in [0.2, 0.25) is 0 Å². The Bertz CT molecular complexity index is 619. The lowest BCUT2D eigenvalue weighted by molar-refractivity contribution is -0.308. The number of carboxylic acid groups (broad SMARTS) is 1. The van der Waals surface area contributed by atoms with E-state index in [4.69, 9.17) is 0 Å². The molecule has 0 saturated carbocycles. The molecule has 6 nitrogen and oxygen atoms in total. The van der Waals surface area contributed by atoms with Crippen LogP contribution in [-0.2, 0) is 14.6 Å². The summed E-state index contributed by atoms with van der Waals surface area (Å²) in [5.41, 5.74) is 0.192. The molecule has 0 heterocycles. The molecular formula is C14H18NO5S-. The van der Waals surface area contributed by atoms with Crippen molar-refractivity contribution in [3.8, 4) is 0 Å². The number of benzene rings is 1. The topological polar surface area (TPSA) is 103 Å². The number of carbonyl (C=O) groups excluding carboxylic acids is 2. The first-order valence-corrected chi connectivity index (χ1v) is 8.32. The number of carboxylic acids is 1. The van der Waals surface area contributed by atoms with Crippen LogP contribution in [-0.4, -0.2) is 32.6 Å². The van der Waals surface area contributed by atoms with Gasteiger partial charge in [-0.1, -0.05) is 13.8 Å². The fourth-order valence-corrected chi connectivity index (χ4v) is 2.41. The summed E-state index contributed by atoms with van der Waals surface area (Å²) in [4.78, 5) is 23.0. The van der Waals surface area contributed by atoms with Crippen LogP contribution in [0.1, 0.15) is 30.6 Å². The van der Waals surface area contributed by atoms with E-state index in [9.17, 15) is 23.1 Å². The van der Waals surface area contributed by atoms with Gasteiger partial charge in [0.05, 0.1) is 16.9 Å². The molecule has 7 heteroatoms. The maximum Gasteiger partial charge on any atom is 0.251 e. The van der Waals surface area contributed by atoms with Crippen molar-refractivity contribution in [2.45, 2.75) is 31.2 Å². The Morgan fingerprint density at radius 3 is 2.10 bits per heavy atom. The SMILES string of the molecule is CC(C)C[C@H](NC(=O)c1ccc(S(C)(=O)=O)cc1)C(=O)[O-]. The lowest BCUT2D eigenvalue weighted by atomic mass is 10.0. The zero-order valence-electron chi connectivity index (χ0n) is 12.1. The van der Waals surface area contributed by atoms with Gasteiger partial charge in [-0.05, 0) is 36.6 Å². The first-order valence-electron chi connectivity index (χ1n) is 6.43. The summed E-state index contributed by atoms with van der Waals surface area (Å²) in [6, 6.07) is 4.22. The standard InChI is InChI=1S/C14H19NO5S/c1-9(2)8-12(14(17)18)15-13(16)10-4-6-11(7-5-10)21(3,19)20/h4-7,9,12H,8H2,1-3H3,(H,15,16)(H,17,18)/p-1/t12-/m0/s1. The van der Waals surface area contributed by atoms with E-state index in [2.05, 4.69) is 5.32 Å². The molecule has 0 aliphatic rings. The van der Waals surface area contributed by atoms with Gasteiger partial charge in [0.1, 0.15) is 0 Å². The maximum atomic E-state index is 12.0. The molecule has 21 heavy (non-hydrogen) atoms. The quantitative estimate of drug-likeness (QED) is 0.795. The molecule has 1 aromatic rings. The summed E-state index contributed by atoms with van der Waals surface area (Å²) in [6.45, 7) is 3.67. The molecule has 0 radical (unpaired) electrons. The smallest absolute Gasteiger partial charge is 0.251 e. The third kappa shape index (κ3) is 5.18. The van der Waals surface area contributed by atoms with Gasteiger partial charge in [-0.15, -0.1) is 0 Å². The van der Waals surface area contributed by atoms with Crippen LogP contribution in [0.2, 0.25) is 0 Å². The van der Waals surface area contributed by atoms with E-state index in [0.717, 1.165) is 6.26 Å². The van der Waals surface area contributed by atoms with Crippen LogP contribution in [0.15, 0.2) is 29.2 Å². The van der Waals surface area contributed by atoms with Crippen molar-refractivity contribution >= 4 is 21.7 Å². The molecule has 0 fully saturated rings. The molecule has 1 aromatic carbocycles. The van der Waals surface area contributed by atoms with Crippen LogP contribution in [0, 0.1) is 5.92 Å². The third-order valence-corrected chi connectivity index (χ3v) is 3.97. The average molecular weight is 312 g/mol. The van der Waals surface area contributed by atoms with Crippen LogP contribution >= 0.6 is 0 Å². The lowest BCUT2D eigenvalue weighted by Crippen LogP contribution is -2.48.